The number of hydrogen-bond acceptors (Lipinski definition) is 3. The number of hydrogen-bond donors (Lipinski definition) is 1. The Morgan fingerprint density at radius 3 is 2.59 bits per heavy atom. The molecular formula is C13H9NO3. The number of aromatic carboxylic acids is 1. The molecule has 84 valence electrons. The van der Waals surface area contributed by atoms with Crippen molar-refractivity contribution < 1.29 is 14.7 Å². The summed E-state index contributed by atoms with van der Waals surface area (Å²) in [6.07, 6.45) is 0.727. The maximum absolute atomic E-state index is 10.9. The number of carboxylic acids is 1. The van der Waals surface area contributed by atoms with E-state index >= 15 is 0 Å². The third kappa shape index (κ3) is 2.20. The SMILES string of the molecule is O=Cc1ccccc1-c1cccc(C(=O)O)n1. The van der Waals surface area contributed by atoms with E-state index in [1.807, 2.05) is 0 Å². The zero-order chi connectivity index (χ0) is 12.3. The fraction of sp³-hybridized carbons (Fsp3) is 0. The van der Waals surface area contributed by atoms with Gasteiger partial charge in [-0.05, 0) is 12.1 Å². The normalized spacial score (nSPS) is 9.88. The summed E-state index contributed by atoms with van der Waals surface area (Å²) in [6.45, 7) is 0. The van der Waals surface area contributed by atoms with Gasteiger partial charge in [-0.15, -0.1) is 0 Å². The monoisotopic (exact) mass is 227 g/mol. The second-order valence-corrected chi connectivity index (χ2v) is 3.42. The Kier molecular flexibility index (Phi) is 2.96. The Hall–Kier alpha value is -2.49. The van der Waals surface area contributed by atoms with Crippen LogP contribution in [0.15, 0.2) is 42.5 Å². The van der Waals surface area contributed by atoms with Crippen LogP contribution < -0.4 is 0 Å². The van der Waals surface area contributed by atoms with Crippen molar-refractivity contribution in [2.75, 3.05) is 0 Å². The third-order valence-electron chi connectivity index (χ3n) is 2.33. The summed E-state index contributed by atoms with van der Waals surface area (Å²) >= 11 is 0. The molecule has 2 aromatic rings. The second-order valence-electron chi connectivity index (χ2n) is 3.42. The molecule has 0 bridgehead atoms. The van der Waals surface area contributed by atoms with E-state index in [9.17, 15) is 9.59 Å². The molecule has 0 saturated heterocycles. The summed E-state index contributed by atoms with van der Waals surface area (Å²) in [5.74, 6) is -1.09. The van der Waals surface area contributed by atoms with Crippen LogP contribution in [0, 0.1) is 0 Å². The van der Waals surface area contributed by atoms with Gasteiger partial charge in [0.1, 0.15) is 5.69 Å². The van der Waals surface area contributed by atoms with Gasteiger partial charge in [0.2, 0.25) is 0 Å². The summed E-state index contributed by atoms with van der Waals surface area (Å²) in [6, 6.07) is 11.6. The zero-order valence-corrected chi connectivity index (χ0v) is 8.83. The third-order valence-corrected chi connectivity index (χ3v) is 2.33. The summed E-state index contributed by atoms with van der Waals surface area (Å²) in [4.78, 5) is 25.7. The standard InChI is InChI=1S/C13H9NO3/c15-8-9-4-1-2-5-10(9)11-6-3-7-12(14-11)13(16)17/h1-8H,(H,16,17). The van der Waals surface area contributed by atoms with Crippen molar-refractivity contribution in [1.82, 2.24) is 4.98 Å². The van der Waals surface area contributed by atoms with E-state index in [2.05, 4.69) is 4.98 Å². The average Bonchev–Trinajstić information content (AvgIpc) is 2.39. The van der Waals surface area contributed by atoms with Gasteiger partial charge in [-0.2, -0.15) is 0 Å². The van der Waals surface area contributed by atoms with Gasteiger partial charge >= 0.3 is 5.97 Å². The molecule has 1 aromatic heterocycles. The molecule has 0 unspecified atom stereocenters. The molecule has 4 nitrogen and oxygen atoms in total. The number of carbonyl (C=O) groups excluding carboxylic acids is 1. The van der Waals surface area contributed by atoms with E-state index in [1.165, 1.54) is 6.07 Å². The van der Waals surface area contributed by atoms with Crippen molar-refractivity contribution in [3.05, 3.63) is 53.7 Å². The maximum Gasteiger partial charge on any atom is 0.354 e. The molecule has 4 heteroatoms. The van der Waals surface area contributed by atoms with Crippen LogP contribution in [0.1, 0.15) is 20.8 Å². The Balaban J connectivity index is 2.56. The van der Waals surface area contributed by atoms with Crippen molar-refractivity contribution >= 4 is 12.3 Å². The van der Waals surface area contributed by atoms with Gasteiger partial charge in [-0.25, -0.2) is 9.78 Å². The van der Waals surface area contributed by atoms with Crippen LogP contribution >= 0.6 is 0 Å². The van der Waals surface area contributed by atoms with E-state index in [0.717, 1.165) is 6.29 Å². The summed E-state index contributed by atoms with van der Waals surface area (Å²) in [7, 11) is 0. The molecule has 0 spiro atoms. The minimum absolute atomic E-state index is 0.0387. The molecular weight excluding hydrogens is 218 g/mol. The number of nitrogens with zero attached hydrogens (tertiary/aromatic N) is 1. The summed E-state index contributed by atoms with van der Waals surface area (Å²) in [5.41, 5.74) is 1.56. The second kappa shape index (κ2) is 4.57. The number of aromatic nitrogens is 1. The van der Waals surface area contributed by atoms with Crippen LogP contribution in [0.25, 0.3) is 11.3 Å². The fourth-order valence-corrected chi connectivity index (χ4v) is 1.54. The molecule has 0 radical (unpaired) electrons. The molecule has 0 fully saturated rings. The molecule has 0 aliphatic rings. The summed E-state index contributed by atoms with van der Waals surface area (Å²) in [5, 5.41) is 8.85. The molecule has 17 heavy (non-hydrogen) atoms. The van der Waals surface area contributed by atoms with Crippen molar-refractivity contribution in [3.63, 3.8) is 0 Å². The smallest absolute Gasteiger partial charge is 0.354 e. The molecule has 1 heterocycles. The number of carboxylic acid groups (broad SMARTS) is 1. The highest BCUT2D eigenvalue weighted by atomic mass is 16.4. The number of carbonyl (C=O) groups is 2. The Morgan fingerprint density at radius 2 is 1.88 bits per heavy atom. The van der Waals surface area contributed by atoms with E-state index in [-0.39, 0.29) is 5.69 Å². The lowest BCUT2D eigenvalue weighted by Gasteiger charge is -2.04. The maximum atomic E-state index is 10.9. The highest BCUT2D eigenvalue weighted by Crippen LogP contribution is 2.20. The molecule has 2 rings (SSSR count). The molecule has 0 aliphatic heterocycles. The van der Waals surface area contributed by atoms with Crippen molar-refractivity contribution in [2.24, 2.45) is 0 Å². The summed E-state index contributed by atoms with van der Waals surface area (Å²) < 4.78 is 0. The number of rotatable bonds is 3. The first-order chi connectivity index (χ1) is 8.22. The van der Waals surface area contributed by atoms with Gasteiger partial charge in [-0.3, -0.25) is 4.79 Å². The molecule has 0 amide bonds. The van der Waals surface area contributed by atoms with Crippen LogP contribution in [0.2, 0.25) is 0 Å². The topological polar surface area (TPSA) is 67.3 Å². The number of aldehydes is 1. The lowest BCUT2D eigenvalue weighted by molar-refractivity contribution is 0.0690. The van der Waals surface area contributed by atoms with Crippen molar-refractivity contribution in [3.8, 4) is 11.3 Å². The highest BCUT2D eigenvalue weighted by molar-refractivity contribution is 5.89. The average molecular weight is 227 g/mol. The van der Waals surface area contributed by atoms with Crippen molar-refractivity contribution in [1.29, 1.82) is 0 Å². The minimum atomic E-state index is -1.09. The molecule has 0 saturated carbocycles. The molecule has 1 aromatic carbocycles. The van der Waals surface area contributed by atoms with E-state index in [4.69, 9.17) is 5.11 Å². The fourth-order valence-electron chi connectivity index (χ4n) is 1.54. The first kappa shape index (κ1) is 11.0. The lowest BCUT2D eigenvalue weighted by atomic mass is 10.0. The molecule has 1 N–H and O–H groups in total. The number of pyridine rings is 1. The van der Waals surface area contributed by atoms with Gasteiger partial charge in [0.15, 0.2) is 6.29 Å². The van der Waals surface area contributed by atoms with Gasteiger partial charge in [0, 0.05) is 11.1 Å². The molecule has 0 aliphatic carbocycles. The van der Waals surface area contributed by atoms with Gasteiger partial charge in [0.05, 0.1) is 5.69 Å². The van der Waals surface area contributed by atoms with Gasteiger partial charge < -0.3 is 5.11 Å². The van der Waals surface area contributed by atoms with Crippen molar-refractivity contribution in [2.45, 2.75) is 0 Å². The first-order valence-corrected chi connectivity index (χ1v) is 4.97. The van der Waals surface area contributed by atoms with E-state index in [1.54, 1.807) is 36.4 Å². The lowest BCUT2D eigenvalue weighted by Crippen LogP contribution is -2.01. The van der Waals surface area contributed by atoms with Crippen LogP contribution in [0.4, 0.5) is 0 Å². The van der Waals surface area contributed by atoms with Gasteiger partial charge in [0.25, 0.3) is 0 Å². The van der Waals surface area contributed by atoms with Crippen LogP contribution in [-0.4, -0.2) is 22.3 Å². The Bertz CT molecular complexity index is 578. The largest absolute Gasteiger partial charge is 0.477 e. The Labute approximate surface area is 97.6 Å². The van der Waals surface area contributed by atoms with Crippen LogP contribution in [-0.2, 0) is 0 Å². The highest BCUT2D eigenvalue weighted by Gasteiger charge is 2.08. The van der Waals surface area contributed by atoms with Crippen LogP contribution in [0.3, 0.4) is 0 Å². The quantitative estimate of drug-likeness (QED) is 0.816. The predicted octanol–water partition coefficient (Wildman–Crippen LogP) is 2.26. The van der Waals surface area contributed by atoms with E-state index < -0.39 is 5.97 Å². The first-order valence-electron chi connectivity index (χ1n) is 4.97. The van der Waals surface area contributed by atoms with Crippen LogP contribution in [0.5, 0.6) is 0 Å². The predicted molar refractivity (Wildman–Crippen MR) is 62.0 cm³/mol. The Morgan fingerprint density at radius 1 is 1.12 bits per heavy atom. The zero-order valence-electron chi connectivity index (χ0n) is 8.83. The van der Waals surface area contributed by atoms with Gasteiger partial charge in [-0.1, -0.05) is 30.3 Å². The van der Waals surface area contributed by atoms with E-state index in [0.29, 0.717) is 16.8 Å². The molecule has 0 atom stereocenters. The number of benzene rings is 1. The minimum Gasteiger partial charge on any atom is -0.477 e.